The molecule has 0 aromatic carbocycles. The van der Waals surface area contributed by atoms with Crippen molar-refractivity contribution in [3.8, 4) is 0 Å². The second-order valence-electron chi connectivity index (χ2n) is 7.02. The van der Waals surface area contributed by atoms with E-state index in [0.717, 1.165) is 16.3 Å². The van der Waals surface area contributed by atoms with Gasteiger partial charge in [-0.15, -0.1) is 21.5 Å². The summed E-state index contributed by atoms with van der Waals surface area (Å²) in [7, 11) is 0. The van der Waals surface area contributed by atoms with Crippen LogP contribution in [0.15, 0.2) is 11.1 Å². The molecule has 0 atom stereocenters. The normalized spacial score (nSPS) is 11.4. The van der Waals surface area contributed by atoms with Crippen LogP contribution in [0.4, 0.5) is 5.13 Å². The van der Waals surface area contributed by atoms with Crippen molar-refractivity contribution in [2.24, 2.45) is 0 Å². The molecule has 3 rings (SSSR count). The van der Waals surface area contributed by atoms with Crippen molar-refractivity contribution in [1.29, 1.82) is 0 Å². The number of carbonyl (C=O) groups is 2. The molecule has 29 heavy (non-hydrogen) atoms. The van der Waals surface area contributed by atoms with Crippen LogP contribution in [0.25, 0.3) is 10.2 Å². The summed E-state index contributed by atoms with van der Waals surface area (Å²) >= 11 is 2.40. The third kappa shape index (κ3) is 4.51. The van der Waals surface area contributed by atoms with Gasteiger partial charge in [-0.3, -0.25) is 19.5 Å². The fourth-order valence-electron chi connectivity index (χ4n) is 2.57. The van der Waals surface area contributed by atoms with E-state index in [9.17, 15) is 14.4 Å². The number of thiophene rings is 1. The van der Waals surface area contributed by atoms with E-state index in [0.29, 0.717) is 25.8 Å². The molecule has 0 spiro atoms. The van der Waals surface area contributed by atoms with Crippen LogP contribution in [0.3, 0.4) is 0 Å². The number of fused-ring (bicyclic) bond motifs is 1. The van der Waals surface area contributed by atoms with Crippen molar-refractivity contribution >= 4 is 49.9 Å². The second-order valence-corrected chi connectivity index (χ2v) is 9.02. The Morgan fingerprint density at radius 1 is 1.21 bits per heavy atom. The van der Waals surface area contributed by atoms with Gasteiger partial charge in [-0.2, -0.15) is 0 Å². The maximum Gasteiger partial charge on any atom is 0.348 e. The lowest BCUT2D eigenvalue weighted by atomic mass is 10.2. The first-order valence-corrected chi connectivity index (χ1v) is 10.6. The smallest absolute Gasteiger partial charge is 0.348 e. The number of esters is 1. The minimum atomic E-state index is -0.485. The van der Waals surface area contributed by atoms with Crippen LogP contribution in [0.1, 0.15) is 53.9 Å². The van der Waals surface area contributed by atoms with Crippen LogP contribution in [0, 0.1) is 6.92 Å². The van der Waals surface area contributed by atoms with Crippen LogP contribution < -0.4 is 10.9 Å². The standard InChI is InChI=1S/C18H21N5O4S2/c1-8(2)14-21-22-18(29-14)20-11(24)6-23-7-19-15-12(16(23)25)10(5)13(28-15)17(26)27-9(3)4/h7-9H,6H2,1-5H3,(H,20,22,24). The highest BCUT2D eigenvalue weighted by Crippen LogP contribution is 2.28. The summed E-state index contributed by atoms with van der Waals surface area (Å²) in [5.41, 5.74) is 0.122. The first kappa shape index (κ1) is 21.1. The molecule has 1 N–H and O–H groups in total. The number of aryl methyl sites for hydroxylation is 1. The van der Waals surface area contributed by atoms with Crippen LogP contribution >= 0.6 is 22.7 Å². The Bertz CT molecular complexity index is 1130. The van der Waals surface area contributed by atoms with Gasteiger partial charge in [-0.25, -0.2) is 9.78 Å². The molecule has 3 aromatic heterocycles. The van der Waals surface area contributed by atoms with Crippen molar-refractivity contribution in [1.82, 2.24) is 19.7 Å². The number of nitrogens with zero attached hydrogens (tertiary/aromatic N) is 4. The van der Waals surface area contributed by atoms with Gasteiger partial charge in [0.05, 0.1) is 17.8 Å². The summed E-state index contributed by atoms with van der Waals surface area (Å²) in [6.07, 6.45) is 1.04. The van der Waals surface area contributed by atoms with Gasteiger partial charge in [-0.05, 0) is 26.3 Å². The lowest BCUT2D eigenvalue weighted by Crippen LogP contribution is -2.27. The molecular formula is C18H21N5O4S2. The largest absolute Gasteiger partial charge is 0.459 e. The number of nitrogens with one attached hydrogen (secondary N) is 1. The Labute approximate surface area is 174 Å². The summed E-state index contributed by atoms with van der Waals surface area (Å²) in [6.45, 7) is 8.94. The molecule has 9 nitrogen and oxygen atoms in total. The molecule has 0 aliphatic rings. The zero-order chi connectivity index (χ0) is 21.3. The minimum absolute atomic E-state index is 0.213. The van der Waals surface area contributed by atoms with E-state index in [1.807, 2.05) is 13.8 Å². The van der Waals surface area contributed by atoms with Gasteiger partial charge in [0.2, 0.25) is 11.0 Å². The topological polar surface area (TPSA) is 116 Å². The zero-order valence-corrected chi connectivity index (χ0v) is 18.3. The van der Waals surface area contributed by atoms with Crippen LogP contribution in [-0.2, 0) is 16.1 Å². The third-order valence-corrected chi connectivity index (χ3v) is 6.26. The first-order chi connectivity index (χ1) is 13.7. The van der Waals surface area contributed by atoms with Crippen molar-refractivity contribution in [2.45, 2.75) is 53.2 Å². The summed E-state index contributed by atoms with van der Waals surface area (Å²) in [5, 5.41) is 12.1. The summed E-state index contributed by atoms with van der Waals surface area (Å²) in [5.74, 6) is -0.682. The molecule has 0 radical (unpaired) electrons. The zero-order valence-electron chi connectivity index (χ0n) is 16.7. The predicted molar refractivity (Wildman–Crippen MR) is 112 cm³/mol. The van der Waals surface area contributed by atoms with E-state index in [4.69, 9.17) is 4.74 Å². The quantitative estimate of drug-likeness (QED) is 0.592. The lowest BCUT2D eigenvalue weighted by Gasteiger charge is -2.06. The molecule has 11 heteroatoms. The van der Waals surface area contributed by atoms with E-state index in [2.05, 4.69) is 20.5 Å². The van der Waals surface area contributed by atoms with E-state index in [1.54, 1.807) is 20.8 Å². The molecule has 3 heterocycles. The minimum Gasteiger partial charge on any atom is -0.459 e. The molecular weight excluding hydrogens is 414 g/mol. The Hall–Kier alpha value is -2.66. The van der Waals surface area contributed by atoms with Gasteiger partial charge in [0.1, 0.15) is 21.3 Å². The average Bonchev–Trinajstić information content (AvgIpc) is 3.22. The molecule has 1 amide bonds. The fraction of sp³-hybridized carbons (Fsp3) is 0.444. The summed E-state index contributed by atoms with van der Waals surface area (Å²) < 4.78 is 6.43. The number of aromatic nitrogens is 4. The molecule has 154 valence electrons. The number of anilines is 1. The third-order valence-electron chi connectivity index (χ3n) is 3.94. The summed E-state index contributed by atoms with van der Waals surface area (Å²) in [4.78, 5) is 42.5. The van der Waals surface area contributed by atoms with Crippen molar-refractivity contribution in [3.63, 3.8) is 0 Å². The van der Waals surface area contributed by atoms with Gasteiger partial charge in [0.15, 0.2) is 0 Å². The number of amides is 1. The monoisotopic (exact) mass is 435 g/mol. The van der Waals surface area contributed by atoms with Gasteiger partial charge >= 0.3 is 5.97 Å². The van der Waals surface area contributed by atoms with E-state index in [1.165, 1.54) is 22.2 Å². The van der Waals surface area contributed by atoms with Crippen molar-refractivity contribution in [2.75, 3.05) is 5.32 Å². The molecule has 0 unspecified atom stereocenters. The molecule has 0 bridgehead atoms. The Kier molecular flexibility index (Phi) is 6.08. The number of carbonyl (C=O) groups excluding carboxylic acids is 2. The Morgan fingerprint density at radius 3 is 2.55 bits per heavy atom. The molecule has 0 saturated heterocycles. The maximum atomic E-state index is 12.9. The molecule has 0 aliphatic heterocycles. The molecule has 0 aliphatic carbocycles. The fourth-order valence-corrected chi connectivity index (χ4v) is 4.35. The maximum absolute atomic E-state index is 12.9. The Balaban J connectivity index is 1.83. The second kappa shape index (κ2) is 8.37. The molecule has 0 saturated carbocycles. The van der Waals surface area contributed by atoms with Gasteiger partial charge in [0.25, 0.3) is 5.56 Å². The van der Waals surface area contributed by atoms with E-state index >= 15 is 0 Å². The van der Waals surface area contributed by atoms with E-state index < -0.39 is 11.9 Å². The number of hydrogen-bond acceptors (Lipinski definition) is 9. The highest BCUT2D eigenvalue weighted by Gasteiger charge is 2.22. The van der Waals surface area contributed by atoms with Crippen molar-refractivity contribution < 1.29 is 14.3 Å². The number of ether oxygens (including phenoxy) is 1. The molecule has 3 aromatic rings. The lowest BCUT2D eigenvalue weighted by molar-refractivity contribution is -0.116. The summed E-state index contributed by atoms with van der Waals surface area (Å²) in [6, 6.07) is 0. The van der Waals surface area contributed by atoms with Crippen LogP contribution in [0.2, 0.25) is 0 Å². The van der Waals surface area contributed by atoms with Gasteiger partial charge < -0.3 is 4.74 Å². The molecule has 0 fully saturated rings. The number of hydrogen-bond donors (Lipinski definition) is 1. The van der Waals surface area contributed by atoms with Crippen LogP contribution in [0.5, 0.6) is 0 Å². The van der Waals surface area contributed by atoms with Crippen molar-refractivity contribution in [3.05, 3.63) is 32.1 Å². The van der Waals surface area contributed by atoms with E-state index in [-0.39, 0.29) is 24.1 Å². The highest BCUT2D eigenvalue weighted by molar-refractivity contribution is 7.20. The average molecular weight is 436 g/mol. The SMILES string of the molecule is Cc1c(C(=O)OC(C)C)sc2ncn(CC(=O)Nc3nnc(C(C)C)s3)c(=O)c12. The first-order valence-electron chi connectivity index (χ1n) is 9.00. The van der Waals surface area contributed by atoms with Crippen LogP contribution in [-0.4, -0.2) is 37.7 Å². The van der Waals surface area contributed by atoms with Gasteiger partial charge in [0, 0.05) is 5.92 Å². The van der Waals surface area contributed by atoms with Gasteiger partial charge in [-0.1, -0.05) is 25.2 Å². The number of rotatable bonds is 6. The Morgan fingerprint density at radius 2 is 1.93 bits per heavy atom. The predicted octanol–water partition coefficient (Wildman–Crippen LogP) is 2.95. The highest BCUT2D eigenvalue weighted by atomic mass is 32.1.